The standard InChI is InChI=1S/C19H27ClF3N5O/c1-2-24-18(27-16-9-11-28(12-16)13-19(21,22)23)25-10-3-4-17(29)26-15-7-5-14(20)6-8-15/h5-8,16H,2-4,9-13H2,1H3,(H,26,29)(H2,24,25,27). The third-order valence-corrected chi connectivity index (χ3v) is 4.57. The normalized spacial score (nSPS) is 18.0. The molecule has 1 aromatic rings. The molecule has 0 radical (unpaired) electrons. The van der Waals surface area contributed by atoms with Gasteiger partial charge in [-0.25, -0.2) is 0 Å². The zero-order valence-electron chi connectivity index (χ0n) is 16.4. The van der Waals surface area contributed by atoms with E-state index in [1.165, 1.54) is 4.90 Å². The first kappa shape index (κ1) is 23.3. The lowest BCUT2D eigenvalue weighted by Gasteiger charge is -2.19. The Labute approximate surface area is 173 Å². The molecule has 1 aromatic carbocycles. The maximum Gasteiger partial charge on any atom is 0.401 e. The average Bonchev–Trinajstić information content (AvgIpc) is 3.05. The van der Waals surface area contributed by atoms with Gasteiger partial charge >= 0.3 is 6.18 Å². The summed E-state index contributed by atoms with van der Waals surface area (Å²) >= 11 is 5.81. The molecule has 1 aliphatic heterocycles. The van der Waals surface area contributed by atoms with Gasteiger partial charge in [-0.3, -0.25) is 14.7 Å². The van der Waals surface area contributed by atoms with Crippen molar-refractivity contribution in [1.29, 1.82) is 0 Å². The summed E-state index contributed by atoms with van der Waals surface area (Å²) in [6.07, 6.45) is -2.68. The van der Waals surface area contributed by atoms with Crippen molar-refractivity contribution < 1.29 is 18.0 Å². The Morgan fingerprint density at radius 3 is 2.69 bits per heavy atom. The lowest BCUT2D eigenvalue weighted by molar-refractivity contribution is -0.143. The lowest BCUT2D eigenvalue weighted by atomic mass is 10.2. The number of hydrogen-bond acceptors (Lipinski definition) is 3. The van der Waals surface area contributed by atoms with E-state index in [0.29, 0.717) is 62.1 Å². The number of benzene rings is 1. The molecule has 1 heterocycles. The lowest BCUT2D eigenvalue weighted by Crippen LogP contribution is -2.45. The Kier molecular flexibility index (Phi) is 9.03. The van der Waals surface area contributed by atoms with E-state index >= 15 is 0 Å². The molecular formula is C19H27ClF3N5O. The monoisotopic (exact) mass is 433 g/mol. The van der Waals surface area contributed by atoms with Gasteiger partial charge < -0.3 is 16.0 Å². The molecule has 0 aliphatic carbocycles. The highest BCUT2D eigenvalue weighted by Crippen LogP contribution is 2.20. The van der Waals surface area contributed by atoms with Crippen molar-refractivity contribution in [1.82, 2.24) is 15.5 Å². The fraction of sp³-hybridized carbons (Fsp3) is 0.579. The number of nitrogens with one attached hydrogen (secondary N) is 3. The summed E-state index contributed by atoms with van der Waals surface area (Å²) in [7, 11) is 0. The van der Waals surface area contributed by atoms with Gasteiger partial charge in [0.25, 0.3) is 0 Å². The minimum absolute atomic E-state index is 0.0802. The molecule has 0 saturated carbocycles. The van der Waals surface area contributed by atoms with Crippen molar-refractivity contribution >= 4 is 29.2 Å². The van der Waals surface area contributed by atoms with Crippen molar-refractivity contribution in [2.45, 2.75) is 38.4 Å². The predicted molar refractivity (Wildman–Crippen MR) is 109 cm³/mol. The maximum atomic E-state index is 12.5. The highest BCUT2D eigenvalue weighted by molar-refractivity contribution is 6.30. The number of carbonyl (C=O) groups excluding carboxylic acids is 1. The minimum Gasteiger partial charge on any atom is -0.357 e. The quantitative estimate of drug-likeness (QED) is 0.334. The van der Waals surface area contributed by atoms with Gasteiger partial charge in [-0.05, 0) is 44.0 Å². The summed E-state index contributed by atoms with van der Waals surface area (Å²) in [5, 5.41) is 9.66. The Morgan fingerprint density at radius 1 is 1.31 bits per heavy atom. The largest absolute Gasteiger partial charge is 0.401 e. The van der Waals surface area contributed by atoms with E-state index in [1.807, 2.05) is 6.92 Å². The number of likely N-dealkylation sites (tertiary alicyclic amines) is 1. The molecule has 1 amide bonds. The number of guanidine groups is 1. The summed E-state index contributed by atoms with van der Waals surface area (Å²) < 4.78 is 37.5. The zero-order chi connectivity index (χ0) is 21.3. The van der Waals surface area contributed by atoms with Crippen LogP contribution in [-0.2, 0) is 4.79 Å². The smallest absolute Gasteiger partial charge is 0.357 e. The highest BCUT2D eigenvalue weighted by Gasteiger charge is 2.34. The first-order valence-corrected chi connectivity index (χ1v) is 10.0. The number of aliphatic imine (C=N–C) groups is 1. The second-order valence-corrected chi connectivity index (χ2v) is 7.34. The number of carbonyl (C=O) groups is 1. The fourth-order valence-corrected chi connectivity index (χ4v) is 3.17. The van der Waals surface area contributed by atoms with Crippen LogP contribution in [0.2, 0.25) is 5.02 Å². The van der Waals surface area contributed by atoms with Crippen molar-refractivity contribution in [3.05, 3.63) is 29.3 Å². The number of alkyl halides is 3. The van der Waals surface area contributed by atoms with Gasteiger partial charge in [0.05, 0.1) is 6.54 Å². The fourth-order valence-electron chi connectivity index (χ4n) is 3.05. The van der Waals surface area contributed by atoms with Crippen LogP contribution in [0.15, 0.2) is 29.3 Å². The van der Waals surface area contributed by atoms with E-state index in [9.17, 15) is 18.0 Å². The van der Waals surface area contributed by atoms with Gasteiger partial charge in [0.1, 0.15) is 0 Å². The van der Waals surface area contributed by atoms with E-state index in [0.717, 1.165) is 0 Å². The van der Waals surface area contributed by atoms with Crippen molar-refractivity contribution in [3.8, 4) is 0 Å². The molecule has 1 aliphatic rings. The van der Waals surface area contributed by atoms with Crippen LogP contribution in [0.1, 0.15) is 26.2 Å². The first-order chi connectivity index (χ1) is 13.7. The van der Waals surface area contributed by atoms with Crippen molar-refractivity contribution in [3.63, 3.8) is 0 Å². The highest BCUT2D eigenvalue weighted by atomic mass is 35.5. The topological polar surface area (TPSA) is 68.8 Å². The Balaban J connectivity index is 1.73. The molecule has 1 unspecified atom stereocenters. The number of rotatable bonds is 8. The molecule has 0 spiro atoms. The molecule has 1 saturated heterocycles. The van der Waals surface area contributed by atoms with Crippen LogP contribution in [0, 0.1) is 0 Å². The third-order valence-electron chi connectivity index (χ3n) is 4.32. The number of nitrogens with zero attached hydrogens (tertiary/aromatic N) is 2. The average molecular weight is 434 g/mol. The summed E-state index contributed by atoms with van der Waals surface area (Å²) in [5.41, 5.74) is 0.683. The molecule has 29 heavy (non-hydrogen) atoms. The van der Waals surface area contributed by atoms with Crippen molar-refractivity contribution in [2.75, 3.05) is 38.0 Å². The van der Waals surface area contributed by atoms with Crippen LogP contribution in [0.3, 0.4) is 0 Å². The number of anilines is 1. The van der Waals surface area contributed by atoms with E-state index in [4.69, 9.17) is 11.6 Å². The van der Waals surface area contributed by atoms with Crippen LogP contribution in [0.25, 0.3) is 0 Å². The predicted octanol–water partition coefficient (Wildman–Crippen LogP) is 3.25. The van der Waals surface area contributed by atoms with E-state index in [-0.39, 0.29) is 11.9 Å². The SMILES string of the molecule is CCNC(=NCCCC(=O)Nc1ccc(Cl)cc1)NC1CCN(CC(F)(F)F)C1. The third kappa shape index (κ3) is 9.36. The van der Waals surface area contributed by atoms with Gasteiger partial charge in [0.2, 0.25) is 5.91 Å². The van der Waals surface area contributed by atoms with Gasteiger partial charge in [-0.2, -0.15) is 13.2 Å². The molecular weight excluding hydrogens is 407 g/mol. The van der Waals surface area contributed by atoms with Crippen LogP contribution >= 0.6 is 11.6 Å². The number of amides is 1. The minimum atomic E-state index is -4.18. The number of halogens is 4. The van der Waals surface area contributed by atoms with Crippen LogP contribution < -0.4 is 16.0 Å². The molecule has 1 atom stereocenters. The van der Waals surface area contributed by atoms with Gasteiger partial charge in [-0.1, -0.05) is 11.6 Å². The summed E-state index contributed by atoms with van der Waals surface area (Å²) in [6.45, 7) is 2.84. The summed E-state index contributed by atoms with van der Waals surface area (Å²) in [6, 6.07) is 6.79. The molecule has 6 nitrogen and oxygen atoms in total. The zero-order valence-corrected chi connectivity index (χ0v) is 17.1. The van der Waals surface area contributed by atoms with Crippen LogP contribution in [-0.4, -0.2) is 61.7 Å². The van der Waals surface area contributed by atoms with E-state index < -0.39 is 12.7 Å². The molecule has 2 rings (SSSR count). The second-order valence-electron chi connectivity index (χ2n) is 6.90. The van der Waals surface area contributed by atoms with Gasteiger partial charge in [0, 0.05) is 49.4 Å². The van der Waals surface area contributed by atoms with Crippen LogP contribution in [0.4, 0.5) is 18.9 Å². The second kappa shape index (κ2) is 11.3. The summed E-state index contributed by atoms with van der Waals surface area (Å²) in [4.78, 5) is 17.8. The molecule has 0 aromatic heterocycles. The van der Waals surface area contributed by atoms with Crippen LogP contribution in [0.5, 0.6) is 0 Å². The Morgan fingerprint density at radius 2 is 2.03 bits per heavy atom. The summed E-state index contributed by atoms with van der Waals surface area (Å²) in [5.74, 6) is 0.448. The molecule has 0 bridgehead atoms. The Bertz CT molecular complexity index is 681. The molecule has 3 N–H and O–H groups in total. The molecule has 10 heteroatoms. The number of hydrogen-bond donors (Lipinski definition) is 3. The van der Waals surface area contributed by atoms with E-state index in [2.05, 4.69) is 20.9 Å². The van der Waals surface area contributed by atoms with E-state index in [1.54, 1.807) is 24.3 Å². The Hall–Kier alpha value is -2.00. The van der Waals surface area contributed by atoms with Gasteiger partial charge in [-0.15, -0.1) is 0 Å². The molecule has 162 valence electrons. The van der Waals surface area contributed by atoms with Gasteiger partial charge in [0.15, 0.2) is 5.96 Å². The first-order valence-electron chi connectivity index (χ1n) is 9.64. The maximum absolute atomic E-state index is 12.5. The van der Waals surface area contributed by atoms with Crippen molar-refractivity contribution in [2.24, 2.45) is 4.99 Å². The molecule has 1 fully saturated rings.